The maximum absolute atomic E-state index is 13.2. The second-order valence-electron chi connectivity index (χ2n) is 7.14. The Labute approximate surface area is 207 Å². The third kappa shape index (κ3) is 6.33. The van der Waals surface area contributed by atoms with Crippen molar-refractivity contribution in [1.82, 2.24) is 0 Å². The van der Waals surface area contributed by atoms with Gasteiger partial charge in [0.1, 0.15) is 0 Å². The summed E-state index contributed by atoms with van der Waals surface area (Å²) in [5.41, 5.74) is -3.54. The molecule has 37 heavy (non-hydrogen) atoms. The zero-order valence-corrected chi connectivity index (χ0v) is 19.2. The first-order chi connectivity index (χ1) is 17.2. The number of methoxy groups -OCH3 is 1. The molecule has 0 aliphatic rings. The molecule has 3 rings (SSSR count). The first-order valence-corrected chi connectivity index (χ1v) is 10.7. The van der Waals surface area contributed by atoms with Crippen molar-refractivity contribution in [3.63, 3.8) is 0 Å². The molecule has 14 heteroatoms. The number of alkyl halides is 6. The molecule has 0 spiro atoms. The Morgan fingerprint density at radius 3 is 2.19 bits per heavy atom. The van der Waals surface area contributed by atoms with Crippen molar-refractivity contribution in [2.24, 2.45) is 0 Å². The number of allylic oxidation sites excluding steroid dienone is 1. The van der Waals surface area contributed by atoms with E-state index in [0.717, 1.165) is 42.7 Å². The van der Waals surface area contributed by atoms with Crippen molar-refractivity contribution in [3.05, 3.63) is 85.6 Å². The van der Waals surface area contributed by atoms with E-state index >= 15 is 0 Å². The fourth-order valence-electron chi connectivity index (χ4n) is 2.99. The van der Waals surface area contributed by atoms with E-state index in [4.69, 9.17) is 9.47 Å². The lowest BCUT2D eigenvalue weighted by molar-refractivity contribution is -0.385. The van der Waals surface area contributed by atoms with Crippen LogP contribution in [0.2, 0.25) is 0 Å². The van der Waals surface area contributed by atoms with Gasteiger partial charge < -0.3 is 9.47 Å². The number of thiophene rings is 1. The van der Waals surface area contributed by atoms with E-state index < -0.39 is 51.4 Å². The average Bonchev–Trinajstić information content (AvgIpc) is 3.36. The van der Waals surface area contributed by atoms with E-state index in [1.54, 1.807) is 0 Å². The molecule has 194 valence electrons. The predicted molar refractivity (Wildman–Crippen MR) is 119 cm³/mol. The number of nitro groups is 1. The summed E-state index contributed by atoms with van der Waals surface area (Å²) >= 11 is 0.835. The third-order valence-electron chi connectivity index (χ3n) is 4.69. The molecular weight excluding hydrogens is 532 g/mol. The molecule has 0 aliphatic heterocycles. The summed E-state index contributed by atoms with van der Waals surface area (Å²) in [7, 11) is 1.12. The number of hydrogen-bond donors (Lipinski definition) is 0. The summed E-state index contributed by atoms with van der Waals surface area (Å²) in [6.45, 7) is 0. The Morgan fingerprint density at radius 1 is 0.973 bits per heavy atom. The standard InChI is InChI=1S/C23H13F6NO6S/c1-35-18-10-12(9-14(21(32)23(27,28)29)20(31)19-3-2-8-37-19)4-6-17(18)36-16-7-5-13(22(24,25)26)11-15(16)30(33)34/h2-11H,1H3. The van der Waals surface area contributed by atoms with Gasteiger partial charge in [0.15, 0.2) is 11.5 Å². The van der Waals surface area contributed by atoms with E-state index in [9.17, 15) is 46.0 Å². The maximum atomic E-state index is 13.2. The van der Waals surface area contributed by atoms with E-state index in [1.807, 2.05) is 0 Å². The Bertz CT molecular complexity index is 1380. The second kappa shape index (κ2) is 10.4. The van der Waals surface area contributed by atoms with Crippen LogP contribution in [-0.4, -0.2) is 29.8 Å². The number of ketones is 2. The Kier molecular flexibility index (Phi) is 7.71. The van der Waals surface area contributed by atoms with E-state index in [2.05, 4.69) is 0 Å². The van der Waals surface area contributed by atoms with Crippen LogP contribution in [0.4, 0.5) is 32.0 Å². The van der Waals surface area contributed by atoms with Crippen LogP contribution >= 0.6 is 11.3 Å². The minimum Gasteiger partial charge on any atom is -0.493 e. The molecule has 0 bridgehead atoms. The second-order valence-corrected chi connectivity index (χ2v) is 8.09. The number of rotatable bonds is 8. The van der Waals surface area contributed by atoms with Crippen LogP contribution < -0.4 is 9.47 Å². The molecule has 2 aromatic carbocycles. The van der Waals surface area contributed by atoms with Crippen molar-refractivity contribution in [2.75, 3.05) is 7.11 Å². The van der Waals surface area contributed by atoms with Gasteiger partial charge in [-0.3, -0.25) is 19.7 Å². The molecule has 0 atom stereocenters. The first-order valence-electron chi connectivity index (χ1n) is 9.85. The lowest BCUT2D eigenvalue weighted by Crippen LogP contribution is -2.28. The van der Waals surface area contributed by atoms with Crippen LogP contribution in [0.15, 0.2) is 59.5 Å². The van der Waals surface area contributed by atoms with Gasteiger partial charge in [0.05, 0.1) is 28.0 Å². The molecule has 7 nitrogen and oxygen atoms in total. The maximum Gasteiger partial charge on any atom is 0.455 e. The van der Waals surface area contributed by atoms with Gasteiger partial charge in [-0.15, -0.1) is 11.3 Å². The fraction of sp³-hybridized carbons (Fsp3) is 0.130. The lowest BCUT2D eigenvalue weighted by Gasteiger charge is -2.13. The highest BCUT2D eigenvalue weighted by molar-refractivity contribution is 7.12. The molecule has 0 saturated carbocycles. The average molecular weight is 545 g/mol. The quantitative estimate of drug-likeness (QED) is 0.0583. The van der Waals surface area contributed by atoms with Crippen LogP contribution in [0.25, 0.3) is 6.08 Å². The molecule has 0 aliphatic carbocycles. The molecule has 0 amide bonds. The third-order valence-corrected chi connectivity index (χ3v) is 5.56. The number of nitrogens with zero attached hydrogens (tertiary/aromatic N) is 1. The van der Waals surface area contributed by atoms with E-state index in [1.165, 1.54) is 17.5 Å². The van der Waals surface area contributed by atoms with Crippen molar-refractivity contribution in [2.45, 2.75) is 12.4 Å². The minimum atomic E-state index is -5.34. The molecular formula is C23H13F6NO6S. The summed E-state index contributed by atoms with van der Waals surface area (Å²) in [6.07, 6.45) is -9.49. The Morgan fingerprint density at radius 2 is 1.65 bits per heavy atom. The van der Waals surface area contributed by atoms with Gasteiger partial charge in [-0.05, 0) is 47.4 Å². The van der Waals surface area contributed by atoms with Crippen LogP contribution in [0.1, 0.15) is 20.8 Å². The van der Waals surface area contributed by atoms with Crippen molar-refractivity contribution >= 4 is 34.7 Å². The van der Waals surface area contributed by atoms with Crippen LogP contribution in [0, 0.1) is 10.1 Å². The number of nitro benzene ring substituents is 1. The fourth-order valence-corrected chi connectivity index (χ4v) is 3.67. The van der Waals surface area contributed by atoms with Gasteiger partial charge in [0.25, 0.3) is 5.78 Å². The van der Waals surface area contributed by atoms with Gasteiger partial charge in [0.2, 0.25) is 11.5 Å². The van der Waals surface area contributed by atoms with E-state index in [-0.39, 0.29) is 28.0 Å². The molecule has 0 N–H and O–H groups in total. The molecule has 0 saturated heterocycles. The van der Waals surface area contributed by atoms with Crippen molar-refractivity contribution < 1.29 is 50.3 Å². The van der Waals surface area contributed by atoms with E-state index in [0.29, 0.717) is 12.1 Å². The number of Topliss-reactive ketones (excluding diaryl/α,β-unsaturated/α-hetero) is 2. The smallest absolute Gasteiger partial charge is 0.455 e. The van der Waals surface area contributed by atoms with Crippen LogP contribution in [0.5, 0.6) is 17.2 Å². The van der Waals surface area contributed by atoms with Crippen LogP contribution in [-0.2, 0) is 11.0 Å². The molecule has 1 heterocycles. The molecule has 0 fully saturated rings. The molecule has 0 unspecified atom stereocenters. The molecule has 1 aromatic heterocycles. The van der Waals surface area contributed by atoms with Gasteiger partial charge in [0, 0.05) is 6.07 Å². The lowest BCUT2D eigenvalue weighted by atomic mass is 10.0. The zero-order chi connectivity index (χ0) is 27.5. The monoisotopic (exact) mass is 545 g/mol. The van der Waals surface area contributed by atoms with Gasteiger partial charge in [-0.2, -0.15) is 26.3 Å². The SMILES string of the molecule is COc1cc(C=C(C(=O)c2cccs2)C(=O)C(F)(F)F)ccc1Oc1ccc(C(F)(F)F)cc1[N+](=O)[O-]. The van der Waals surface area contributed by atoms with Crippen molar-refractivity contribution in [1.29, 1.82) is 0 Å². The topological polar surface area (TPSA) is 95.7 Å². The summed E-state index contributed by atoms with van der Waals surface area (Å²) in [5.74, 6) is -4.54. The minimum absolute atomic E-state index is 0.0939. The summed E-state index contributed by atoms with van der Waals surface area (Å²) in [5, 5.41) is 12.7. The normalized spacial score (nSPS) is 12.2. The molecule has 3 aromatic rings. The predicted octanol–water partition coefficient (Wildman–Crippen LogP) is 6.87. The van der Waals surface area contributed by atoms with Gasteiger partial charge >= 0.3 is 18.0 Å². The Balaban J connectivity index is 2.03. The largest absolute Gasteiger partial charge is 0.493 e. The number of ether oxygens (including phenoxy) is 2. The zero-order valence-electron chi connectivity index (χ0n) is 18.3. The molecule has 0 radical (unpaired) electrons. The van der Waals surface area contributed by atoms with Crippen LogP contribution in [0.3, 0.4) is 0 Å². The summed E-state index contributed by atoms with van der Waals surface area (Å²) < 4.78 is 88.7. The summed E-state index contributed by atoms with van der Waals surface area (Å²) in [4.78, 5) is 34.6. The highest BCUT2D eigenvalue weighted by atomic mass is 32.1. The number of carbonyl (C=O) groups is 2. The first kappa shape index (κ1) is 27.4. The van der Waals surface area contributed by atoms with Gasteiger partial charge in [-0.1, -0.05) is 12.1 Å². The summed E-state index contributed by atoms with van der Waals surface area (Å²) in [6, 6.07) is 7.55. The Hall–Kier alpha value is -4.20. The van der Waals surface area contributed by atoms with Crippen molar-refractivity contribution in [3.8, 4) is 17.2 Å². The number of benzene rings is 2. The van der Waals surface area contributed by atoms with Gasteiger partial charge in [-0.25, -0.2) is 0 Å². The number of hydrogen-bond acceptors (Lipinski definition) is 7. The highest BCUT2D eigenvalue weighted by Gasteiger charge is 2.43. The number of halogens is 6. The highest BCUT2D eigenvalue weighted by Crippen LogP contribution is 2.40. The number of carbonyl (C=O) groups excluding carboxylic acids is 2.